The average molecular weight is 415 g/mol. The lowest BCUT2D eigenvalue weighted by molar-refractivity contribution is 0.414. The van der Waals surface area contributed by atoms with Crippen LogP contribution in [-0.2, 0) is 0 Å². The van der Waals surface area contributed by atoms with Crippen molar-refractivity contribution in [3.8, 4) is 11.5 Å². The molecule has 1 unspecified atom stereocenters. The van der Waals surface area contributed by atoms with Crippen molar-refractivity contribution < 1.29 is 9.84 Å². The van der Waals surface area contributed by atoms with E-state index in [2.05, 4.69) is 44.1 Å². The summed E-state index contributed by atoms with van der Waals surface area (Å²) in [5, 5.41) is 13.5. The highest BCUT2D eigenvalue weighted by Gasteiger charge is 2.14. The molecule has 0 aliphatic carbocycles. The number of hydrogen-bond acceptors (Lipinski definition) is 3. The number of phenols is 1. The van der Waals surface area contributed by atoms with Crippen molar-refractivity contribution in [1.29, 1.82) is 0 Å². The molecule has 0 bridgehead atoms. The fraction of sp³-hybridized carbons (Fsp3) is 0.250. The zero-order valence-corrected chi connectivity index (χ0v) is 15.0. The topological polar surface area (TPSA) is 41.5 Å². The van der Waals surface area contributed by atoms with E-state index in [4.69, 9.17) is 4.74 Å². The zero-order chi connectivity index (χ0) is 15.4. The number of halogens is 2. The van der Waals surface area contributed by atoms with E-state index >= 15 is 0 Å². The van der Waals surface area contributed by atoms with Crippen LogP contribution in [0.3, 0.4) is 0 Å². The fourth-order valence-electron chi connectivity index (χ4n) is 2.17. The largest absolute Gasteiger partial charge is 0.508 e. The molecule has 2 aromatic carbocycles. The minimum absolute atomic E-state index is 0.0153. The molecule has 0 fully saturated rings. The van der Waals surface area contributed by atoms with Gasteiger partial charge in [0.25, 0.3) is 0 Å². The van der Waals surface area contributed by atoms with Crippen molar-refractivity contribution in [3.63, 3.8) is 0 Å². The molecule has 112 valence electrons. The van der Waals surface area contributed by atoms with Crippen molar-refractivity contribution in [3.05, 3.63) is 50.9 Å². The Morgan fingerprint density at radius 1 is 1.14 bits per heavy atom. The van der Waals surface area contributed by atoms with Crippen LogP contribution in [0, 0.1) is 0 Å². The van der Waals surface area contributed by atoms with E-state index in [-0.39, 0.29) is 6.04 Å². The zero-order valence-electron chi connectivity index (χ0n) is 11.9. The molecule has 0 amide bonds. The second kappa shape index (κ2) is 7.18. The van der Waals surface area contributed by atoms with Crippen LogP contribution in [0.15, 0.2) is 45.3 Å². The molecule has 0 saturated heterocycles. The first-order chi connectivity index (χ1) is 10.0. The van der Waals surface area contributed by atoms with Crippen LogP contribution in [-0.4, -0.2) is 12.2 Å². The van der Waals surface area contributed by atoms with Gasteiger partial charge < -0.3 is 15.2 Å². The van der Waals surface area contributed by atoms with E-state index < -0.39 is 0 Å². The molecule has 1 atom stereocenters. The lowest BCUT2D eigenvalue weighted by Gasteiger charge is -2.20. The Balaban J connectivity index is 2.31. The number of benzene rings is 2. The van der Waals surface area contributed by atoms with E-state index in [0.717, 1.165) is 32.4 Å². The van der Waals surface area contributed by atoms with E-state index in [1.54, 1.807) is 13.2 Å². The van der Waals surface area contributed by atoms with Gasteiger partial charge >= 0.3 is 0 Å². The lowest BCUT2D eigenvalue weighted by Crippen LogP contribution is -2.10. The fourth-order valence-corrected chi connectivity index (χ4v) is 3.02. The summed E-state index contributed by atoms with van der Waals surface area (Å²) in [5.74, 6) is 1.07. The van der Waals surface area contributed by atoms with Crippen molar-refractivity contribution in [2.24, 2.45) is 0 Å². The van der Waals surface area contributed by atoms with Gasteiger partial charge in [0.2, 0.25) is 0 Å². The normalized spacial score (nSPS) is 12.0. The Kier molecular flexibility index (Phi) is 5.53. The molecule has 21 heavy (non-hydrogen) atoms. The first kappa shape index (κ1) is 16.2. The summed E-state index contributed by atoms with van der Waals surface area (Å²) < 4.78 is 7.16. The lowest BCUT2D eigenvalue weighted by atomic mass is 10.0. The molecule has 0 spiro atoms. The molecule has 0 saturated carbocycles. The van der Waals surface area contributed by atoms with Gasteiger partial charge in [-0.25, -0.2) is 0 Å². The Bertz CT molecular complexity index is 632. The number of hydrogen-bond donors (Lipinski definition) is 2. The second-order valence-electron chi connectivity index (χ2n) is 4.69. The maximum atomic E-state index is 10.1. The SMILES string of the molecule is CCC(Nc1cc(Br)cc(OC)c1)c1cc(Br)ccc1O. The molecule has 0 aromatic heterocycles. The van der Waals surface area contributed by atoms with E-state index in [1.165, 1.54) is 0 Å². The van der Waals surface area contributed by atoms with Crippen LogP contribution in [0.5, 0.6) is 11.5 Å². The summed E-state index contributed by atoms with van der Waals surface area (Å²) in [4.78, 5) is 0. The molecule has 5 heteroatoms. The summed E-state index contributed by atoms with van der Waals surface area (Å²) in [7, 11) is 1.64. The third-order valence-corrected chi connectivity index (χ3v) is 4.17. The van der Waals surface area contributed by atoms with Crippen LogP contribution >= 0.6 is 31.9 Å². The van der Waals surface area contributed by atoms with Crippen LogP contribution in [0.4, 0.5) is 5.69 Å². The molecule has 0 heterocycles. The van der Waals surface area contributed by atoms with Gasteiger partial charge in [0, 0.05) is 26.3 Å². The van der Waals surface area contributed by atoms with Gasteiger partial charge in [-0.05, 0) is 36.8 Å². The molecular formula is C16H17Br2NO2. The maximum absolute atomic E-state index is 10.1. The third kappa shape index (κ3) is 4.14. The number of ether oxygens (including phenoxy) is 1. The minimum atomic E-state index is 0.0153. The van der Waals surface area contributed by atoms with Gasteiger partial charge in [0.15, 0.2) is 0 Å². The van der Waals surface area contributed by atoms with Crippen molar-refractivity contribution in [1.82, 2.24) is 0 Å². The Morgan fingerprint density at radius 2 is 1.90 bits per heavy atom. The quantitative estimate of drug-likeness (QED) is 0.679. The third-order valence-electron chi connectivity index (χ3n) is 3.22. The monoisotopic (exact) mass is 413 g/mol. The number of methoxy groups -OCH3 is 1. The van der Waals surface area contributed by atoms with Crippen LogP contribution in [0.25, 0.3) is 0 Å². The van der Waals surface area contributed by atoms with Crippen molar-refractivity contribution >= 4 is 37.5 Å². The number of rotatable bonds is 5. The molecular weight excluding hydrogens is 398 g/mol. The van der Waals surface area contributed by atoms with Gasteiger partial charge in [-0.1, -0.05) is 38.8 Å². The second-order valence-corrected chi connectivity index (χ2v) is 6.52. The summed E-state index contributed by atoms with van der Waals surface area (Å²) >= 11 is 6.92. The molecule has 3 nitrogen and oxygen atoms in total. The standard InChI is InChI=1S/C16H17Br2NO2/c1-3-15(14-8-10(17)4-5-16(14)20)19-12-6-11(18)7-13(9-12)21-2/h4-9,15,19-20H,3H2,1-2H3. The molecule has 2 rings (SSSR count). The highest BCUT2D eigenvalue weighted by molar-refractivity contribution is 9.10. The Hall–Kier alpha value is -1.20. The summed E-state index contributed by atoms with van der Waals surface area (Å²) in [6, 6.07) is 11.3. The summed E-state index contributed by atoms with van der Waals surface area (Å²) in [6.45, 7) is 2.08. The van der Waals surface area contributed by atoms with Crippen molar-refractivity contribution in [2.75, 3.05) is 12.4 Å². The molecule has 2 N–H and O–H groups in total. The molecule has 0 aliphatic rings. The first-order valence-electron chi connectivity index (χ1n) is 6.63. The van der Waals surface area contributed by atoms with E-state index in [1.807, 2.05) is 30.3 Å². The van der Waals surface area contributed by atoms with Crippen molar-refractivity contribution in [2.45, 2.75) is 19.4 Å². The Morgan fingerprint density at radius 3 is 2.57 bits per heavy atom. The van der Waals surface area contributed by atoms with E-state index in [0.29, 0.717) is 5.75 Å². The summed E-state index contributed by atoms with van der Waals surface area (Å²) in [5.41, 5.74) is 1.80. The number of phenolic OH excluding ortho intramolecular Hbond substituents is 1. The van der Waals surface area contributed by atoms with Gasteiger partial charge in [0.05, 0.1) is 13.2 Å². The summed E-state index contributed by atoms with van der Waals surface area (Å²) in [6.07, 6.45) is 0.846. The predicted octanol–water partition coefficient (Wildman–Crippen LogP) is 5.49. The van der Waals surface area contributed by atoms with Crippen LogP contribution in [0.2, 0.25) is 0 Å². The van der Waals surface area contributed by atoms with Gasteiger partial charge in [-0.15, -0.1) is 0 Å². The van der Waals surface area contributed by atoms with E-state index in [9.17, 15) is 5.11 Å². The highest BCUT2D eigenvalue weighted by atomic mass is 79.9. The van der Waals surface area contributed by atoms with Crippen LogP contribution < -0.4 is 10.1 Å². The molecule has 0 radical (unpaired) electrons. The number of aromatic hydroxyl groups is 1. The van der Waals surface area contributed by atoms with Crippen LogP contribution in [0.1, 0.15) is 24.9 Å². The molecule has 2 aromatic rings. The van der Waals surface area contributed by atoms with Gasteiger partial charge in [-0.3, -0.25) is 0 Å². The average Bonchev–Trinajstić information content (AvgIpc) is 2.47. The van der Waals surface area contributed by atoms with Gasteiger partial charge in [0.1, 0.15) is 11.5 Å². The van der Waals surface area contributed by atoms with Gasteiger partial charge in [-0.2, -0.15) is 0 Å². The Labute approximate surface area is 141 Å². The molecule has 0 aliphatic heterocycles. The predicted molar refractivity (Wildman–Crippen MR) is 93.2 cm³/mol. The first-order valence-corrected chi connectivity index (χ1v) is 8.21. The highest BCUT2D eigenvalue weighted by Crippen LogP contribution is 2.33. The minimum Gasteiger partial charge on any atom is -0.508 e. The number of anilines is 1. The smallest absolute Gasteiger partial charge is 0.122 e. The maximum Gasteiger partial charge on any atom is 0.122 e. The number of nitrogens with one attached hydrogen (secondary N) is 1.